The van der Waals surface area contributed by atoms with E-state index in [2.05, 4.69) is 0 Å². The minimum Gasteiger partial charge on any atom is -0.464 e. The molecule has 0 aliphatic heterocycles. The van der Waals surface area contributed by atoms with E-state index in [-0.39, 0.29) is 0 Å². The van der Waals surface area contributed by atoms with Crippen molar-refractivity contribution in [2.24, 2.45) is 0 Å². The summed E-state index contributed by atoms with van der Waals surface area (Å²) in [5, 5.41) is 4.83. The normalized spacial score (nSPS) is 11.2. The molecule has 0 unspecified atom stereocenters. The van der Waals surface area contributed by atoms with Crippen LogP contribution in [-0.4, -0.2) is 12.6 Å². The smallest absolute Gasteiger partial charge is 0.150 e. The van der Waals surface area contributed by atoms with Gasteiger partial charge >= 0.3 is 0 Å². The van der Waals surface area contributed by atoms with Gasteiger partial charge in [0.15, 0.2) is 0 Å². The fraction of sp³-hybridized carbons (Fsp3) is 0. The molecule has 0 fully saturated rings. The van der Waals surface area contributed by atoms with Crippen LogP contribution in [-0.2, 0) is 0 Å². The van der Waals surface area contributed by atoms with Gasteiger partial charge < -0.3 is 4.42 Å². The summed E-state index contributed by atoms with van der Waals surface area (Å²) in [6.45, 7) is 0. The van der Waals surface area contributed by atoms with Crippen molar-refractivity contribution in [3.8, 4) is 0 Å². The summed E-state index contributed by atoms with van der Waals surface area (Å²) < 4.78 is 5.61. The molecule has 0 saturated carbocycles. The second-order valence-electron chi connectivity index (χ2n) is 5.01. The van der Waals surface area contributed by atoms with Crippen LogP contribution in [0.25, 0.3) is 32.5 Å². The Morgan fingerprint density at radius 3 is 1.90 bits per heavy atom. The summed E-state index contributed by atoms with van der Waals surface area (Å²) in [7, 11) is 0. The highest BCUT2D eigenvalue weighted by molar-refractivity contribution is 6.24. The Morgan fingerprint density at radius 2 is 1.24 bits per heavy atom. The highest BCUT2D eigenvalue weighted by Crippen LogP contribution is 2.36. The van der Waals surface area contributed by atoms with Crippen molar-refractivity contribution in [2.75, 3.05) is 0 Å². The minimum absolute atomic E-state index is 0.603. The van der Waals surface area contributed by atoms with Crippen LogP contribution in [0.3, 0.4) is 0 Å². The summed E-state index contributed by atoms with van der Waals surface area (Å²) in [6, 6.07) is 13.0. The van der Waals surface area contributed by atoms with E-state index in [9.17, 15) is 9.59 Å². The quantitative estimate of drug-likeness (QED) is 0.403. The molecule has 3 heteroatoms. The molecule has 0 radical (unpaired) electrons. The van der Waals surface area contributed by atoms with Crippen molar-refractivity contribution in [3.05, 3.63) is 59.9 Å². The van der Waals surface area contributed by atoms with Crippen LogP contribution in [0.2, 0.25) is 0 Å². The number of benzene rings is 3. The first-order valence-electron chi connectivity index (χ1n) is 6.59. The van der Waals surface area contributed by atoms with Crippen LogP contribution in [0.1, 0.15) is 20.7 Å². The van der Waals surface area contributed by atoms with E-state index in [0.717, 1.165) is 45.1 Å². The van der Waals surface area contributed by atoms with Gasteiger partial charge in [0.05, 0.1) is 6.26 Å². The molecular formula is C18H10O3. The highest BCUT2D eigenvalue weighted by atomic mass is 16.3. The van der Waals surface area contributed by atoms with Gasteiger partial charge in [0, 0.05) is 21.9 Å². The molecule has 4 rings (SSSR count). The summed E-state index contributed by atoms with van der Waals surface area (Å²) in [5.41, 5.74) is 2.02. The third-order valence-electron chi connectivity index (χ3n) is 3.85. The molecule has 0 saturated heterocycles. The zero-order valence-corrected chi connectivity index (χ0v) is 11.0. The van der Waals surface area contributed by atoms with E-state index in [4.69, 9.17) is 4.42 Å². The van der Waals surface area contributed by atoms with Crippen LogP contribution in [0, 0.1) is 0 Å². The molecule has 100 valence electrons. The lowest BCUT2D eigenvalue weighted by molar-refractivity contribution is 0.111. The zero-order chi connectivity index (χ0) is 14.4. The third-order valence-corrected chi connectivity index (χ3v) is 3.85. The first kappa shape index (κ1) is 11.9. The third kappa shape index (κ3) is 1.61. The van der Waals surface area contributed by atoms with E-state index >= 15 is 0 Å². The second kappa shape index (κ2) is 4.28. The summed E-state index contributed by atoms with van der Waals surface area (Å²) >= 11 is 0. The number of carbonyl (C=O) groups is 2. The van der Waals surface area contributed by atoms with E-state index < -0.39 is 0 Å². The van der Waals surface area contributed by atoms with Crippen molar-refractivity contribution >= 4 is 45.1 Å². The van der Waals surface area contributed by atoms with Crippen molar-refractivity contribution in [1.29, 1.82) is 0 Å². The molecule has 0 bridgehead atoms. The van der Waals surface area contributed by atoms with Gasteiger partial charge in [-0.25, -0.2) is 0 Å². The maximum absolute atomic E-state index is 11.0. The Balaban J connectivity index is 2.33. The fourth-order valence-corrected chi connectivity index (χ4v) is 2.88. The Hall–Kier alpha value is -2.94. The van der Waals surface area contributed by atoms with E-state index in [1.54, 1.807) is 18.4 Å². The maximum atomic E-state index is 11.0. The number of aldehydes is 2. The molecular weight excluding hydrogens is 264 g/mol. The first-order chi connectivity index (χ1) is 10.3. The van der Waals surface area contributed by atoms with Gasteiger partial charge in [0.1, 0.15) is 18.2 Å². The summed E-state index contributed by atoms with van der Waals surface area (Å²) in [4.78, 5) is 22.1. The average Bonchev–Trinajstić information content (AvgIpc) is 3.03. The molecule has 1 heterocycles. The maximum Gasteiger partial charge on any atom is 0.150 e. The Labute approximate surface area is 119 Å². The number of fused-ring (bicyclic) bond motifs is 6. The summed E-state index contributed by atoms with van der Waals surface area (Å²) in [6.07, 6.45) is 3.31. The van der Waals surface area contributed by atoms with Gasteiger partial charge in [-0.3, -0.25) is 9.59 Å². The van der Waals surface area contributed by atoms with E-state index in [1.807, 2.05) is 30.3 Å². The van der Waals surface area contributed by atoms with Crippen molar-refractivity contribution < 1.29 is 14.0 Å². The number of hydrogen-bond acceptors (Lipinski definition) is 3. The number of carbonyl (C=O) groups excluding carboxylic acids is 2. The Bertz CT molecular complexity index is 943. The Kier molecular flexibility index (Phi) is 2.42. The van der Waals surface area contributed by atoms with Crippen LogP contribution < -0.4 is 0 Å². The lowest BCUT2D eigenvalue weighted by Gasteiger charge is -2.07. The molecule has 3 nitrogen and oxygen atoms in total. The first-order valence-corrected chi connectivity index (χ1v) is 6.59. The van der Waals surface area contributed by atoms with Crippen molar-refractivity contribution in [1.82, 2.24) is 0 Å². The lowest BCUT2D eigenvalue weighted by Crippen LogP contribution is -1.86. The molecule has 3 aromatic carbocycles. The molecule has 21 heavy (non-hydrogen) atoms. The van der Waals surface area contributed by atoms with Gasteiger partial charge in [-0.1, -0.05) is 18.2 Å². The number of rotatable bonds is 2. The van der Waals surface area contributed by atoms with Crippen LogP contribution in [0.5, 0.6) is 0 Å². The molecule has 0 N–H and O–H groups in total. The molecule has 0 aliphatic carbocycles. The lowest BCUT2D eigenvalue weighted by atomic mass is 9.96. The average molecular weight is 274 g/mol. The topological polar surface area (TPSA) is 47.3 Å². The summed E-state index contributed by atoms with van der Waals surface area (Å²) in [5.74, 6) is 0. The monoisotopic (exact) mass is 274 g/mol. The van der Waals surface area contributed by atoms with E-state index in [0.29, 0.717) is 11.1 Å². The molecule has 4 aromatic rings. The number of hydrogen-bond donors (Lipinski definition) is 0. The SMILES string of the molecule is O=Cc1ccc2c(c1)c1cc(C=O)ccc1c1occc21. The van der Waals surface area contributed by atoms with Gasteiger partial charge in [0.2, 0.25) is 0 Å². The van der Waals surface area contributed by atoms with Gasteiger partial charge in [0.25, 0.3) is 0 Å². The molecule has 0 spiro atoms. The Morgan fingerprint density at radius 1 is 0.667 bits per heavy atom. The molecule has 0 aliphatic rings. The minimum atomic E-state index is 0.603. The molecule has 0 amide bonds. The molecule has 0 atom stereocenters. The molecule has 1 aromatic heterocycles. The van der Waals surface area contributed by atoms with E-state index in [1.165, 1.54) is 0 Å². The predicted octanol–water partition coefficient (Wildman–Crippen LogP) is 4.36. The van der Waals surface area contributed by atoms with Gasteiger partial charge in [-0.05, 0) is 40.4 Å². The largest absolute Gasteiger partial charge is 0.464 e. The second-order valence-corrected chi connectivity index (χ2v) is 5.01. The fourth-order valence-electron chi connectivity index (χ4n) is 2.88. The van der Waals surface area contributed by atoms with Crippen LogP contribution in [0.4, 0.5) is 0 Å². The number of furan rings is 1. The van der Waals surface area contributed by atoms with Gasteiger partial charge in [-0.15, -0.1) is 0 Å². The van der Waals surface area contributed by atoms with Gasteiger partial charge in [-0.2, -0.15) is 0 Å². The van der Waals surface area contributed by atoms with Crippen LogP contribution >= 0.6 is 0 Å². The predicted molar refractivity (Wildman–Crippen MR) is 82.0 cm³/mol. The van der Waals surface area contributed by atoms with Crippen LogP contribution in [0.15, 0.2) is 53.1 Å². The van der Waals surface area contributed by atoms with Crippen molar-refractivity contribution in [3.63, 3.8) is 0 Å². The zero-order valence-electron chi connectivity index (χ0n) is 11.0. The van der Waals surface area contributed by atoms with Crippen molar-refractivity contribution in [2.45, 2.75) is 0 Å². The standard InChI is InChI=1S/C18H10O3/c19-9-11-1-3-13-15-5-6-21-18(15)14-4-2-12(10-20)8-17(14)16(13)7-11/h1-10H. The highest BCUT2D eigenvalue weighted by Gasteiger charge is 2.11.